The lowest BCUT2D eigenvalue weighted by molar-refractivity contribution is 0.0593. The van der Waals surface area contributed by atoms with Crippen LogP contribution in [0.25, 0.3) is 0 Å². The first kappa shape index (κ1) is 12.8. The van der Waals surface area contributed by atoms with Gasteiger partial charge in [0.2, 0.25) is 0 Å². The molecule has 0 aromatic carbocycles. The number of hydrogen-bond acceptors (Lipinski definition) is 3. The Morgan fingerprint density at radius 1 is 1.44 bits per heavy atom. The molecule has 2 heterocycles. The number of H-pyrrole nitrogens is 1. The lowest BCUT2D eigenvalue weighted by atomic mass is 9.78. The van der Waals surface area contributed by atoms with Gasteiger partial charge in [0.1, 0.15) is 5.69 Å². The maximum absolute atomic E-state index is 12.2. The maximum Gasteiger partial charge on any atom is 0.274 e. The molecule has 0 saturated carbocycles. The summed E-state index contributed by atoms with van der Waals surface area (Å²) < 4.78 is 0. The summed E-state index contributed by atoms with van der Waals surface area (Å²) in [6, 6.07) is 2.81. The fourth-order valence-electron chi connectivity index (χ4n) is 2.23. The van der Waals surface area contributed by atoms with Crippen molar-refractivity contribution in [3.8, 4) is 0 Å². The van der Waals surface area contributed by atoms with Crippen molar-refractivity contribution in [2.75, 3.05) is 13.1 Å². The van der Waals surface area contributed by atoms with E-state index in [1.165, 1.54) is 12.1 Å². The van der Waals surface area contributed by atoms with Crippen LogP contribution in [0.2, 0.25) is 0 Å². The van der Waals surface area contributed by atoms with Crippen LogP contribution in [0.15, 0.2) is 16.9 Å². The smallest absolute Gasteiger partial charge is 0.274 e. The summed E-state index contributed by atoms with van der Waals surface area (Å²) in [4.78, 5) is 24.9. The lowest BCUT2D eigenvalue weighted by Gasteiger charge is -2.38. The summed E-state index contributed by atoms with van der Waals surface area (Å²) in [5, 5.41) is 6.08. The highest BCUT2D eigenvalue weighted by Gasteiger charge is 2.30. The molecular formula is C13H19N3O2. The van der Waals surface area contributed by atoms with Crippen molar-refractivity contribution in [2.45, 2.75) is 33.1 Å². The van der Waals surface area contributed by atoms with Gasteiger partial charge in [0.15, 0.2) is 0 Å². The average molecular weight is 249 g/mol. The maximum atomic E-state index is 12.2. The first-order valence-corrected chi connectivity index (χ1v) is 6.39. The molecule has 1 aromatic heterocycles. The standard InChI is InChI=1S/C13H19N3O2/c1-3-13(2)6-8-16(9-7-13)12(18)10-4-5-11(17)15-14-10/h4-5H,3,6-9H2,1-2H3,(H,15,17). The highest BCUT2D eigenvalue weighted by molar-refractivity contribution is 5.92. The molecule has 98 valence electrons. The predicted octanol–water partition coefficient (Wildman–Crippen LogP) is 1.42. The molecule has 0 radical (unpaired) electrons. The zero-order valence-corrected chi connectivity index (χ0v) is 10.9. The third kappa shape index (κ3) is 2.60. The van der Waals surface area contributed by atoms with Gasteiger partial charge in [0.05, 0.1) is 0 Å². The summed E-state index contributed by atoms with van der Waals surface area (Å²) >= 11 is 0. The van der Waals surface area contributed by atoms with Gasteiger partial charge in [0.25, 0.3) is 11.5 Å². The molecule has 1 N–H and O–H groups in total. The Kier molecular flexibility index (Phi) is 3.50. The van der Waals surface area contributed by atoms with Crippen molar-refractivity contribution in [2.24, 2.45) is 5.41 Å². The van der Waals surface area contributed by atoms with E-state index in [1.807, 2.05) is 4.90 Å². The monoisotopic (exact) mass is 249 g/mol. The van der Waals surface area contributed by atoms with Crippen molar-refractivity contribution in [1.29, 1.82) is 0 Å². The van der Waals surface area contributed by atoms with Gasteiger partial charge < -0.3 is 4.90 Å². The van der Waals surface area contributed by atoms with Gasteiger partial charge in [-0.3, -0.25) is 9.59 Å². The van der Waals surface area contributed by atoms with Gasteiger partial charge in [-0.2, -0.15) is 5.10 Å². The largest absolute Gasteiger partial charge is 0.337 e. The zero-order chi connectivity index (χ0) is 13.2. The first-order chi connectivity index (χ1) is 8.54. The van der Waals surface area contributed by atoms with Crippen molar-refractivity contribution >= 4 is 5.91 Å². The van der Waals surface area contributed by atoms with Crippen LogP contribution in [0.3, 0.4) is 0 Å². The summed E-state index contributed by atoms with van der Waals surface area (Å²) in [6.45, 7) is 6.00. The summed E-state index contributed by atoms with van der Waals surface area (Å²) in [7, 11) is 0. The molecule has 2 rings (SSSR count). The van der Waals surface area contributed by atoms with E-state index in [-0.39, 0.29) is 11.5 Å². The van der Waals surface area contributed by atoms with Crippen LogP contribution in [-0.2, 0) is 0 Å². The molecule has 5 heteroatoms. The second kappa shape index (κ2) is 4.92. The molecule has 1 fully saturated rings. The minimum atomic E-state index is -0.288. The topological polar surface area (TPSA) is 66.1 Å². The van der Waals surface area contributed by atoms with Crippen LogP contribution in [0.4, 0.5) is 0 Å². The second-order valence-electron chi connectivity index (χ2n) is 5.26. The molecule has 0 bridgehead atoms. The summed E-state index contributed by atoms with van der Waals surface area (Å²) in [5.41, 5.74) is 0.383. The summed E-state index contributed by atoms with van der Waals surface area (Å²) in [6.07, 6.45) is 3.20. The molecule has 0 atom stereocenters. The SMILES string of the molecule is CCC1(C)CCN(C(=O)c2ccc(=O)[nH]n2)CC1. The molecule has 1 aliphatic rings. The van der Waals surface area contributed by atoms with Crippen LogP contribution in [-0.4, -0.2) is 34.1 Å². The number of likely N-dealkylation sites (tertiary alicyclic amines) is 1. The Morgan fingerprint density at radius 3 is 2.61 bits per heavy atom. The van der Waals surface area contributed by atoms with Gasteiger partial charge in [-0.15, -0.1) is 0 Å². The number of nitrogens with one attached hydrogen (secondary N) is 1. The van der Waals surface area contributed by atoms with Gasteiger partial charge >= 0.3 is 0 Å². The van der Waals surface area contributed by atoms with Crippen LogP contribution in [0.1, 0.15) is 43.6 Å². The first-order valence-electron chi connectivity index (χ1n) is 6.39. The molecule has 0 unspecified atom stereocenters. The average Bonchev–Trinajstić information content (AvgIpc) is 2.40. The molecule has 5 nitrogen and oxygen atoms in total. The summed E-state index contributed by atoms with van der Waals surface area (Å²) in [5.74, 6) is -0.0931. The van der Waals surface area contributed by atoms with Crippen LogP contribution >= 0.6 is 0 Å². The second-order valence-corrected chi connectivity index (χ2v) is 5.26. The quantitative estimate of drug-likeness (QED) is 0.862. The Hall–Kier alpha value is -1.65. The Bertz CT molecular complexity index is 467. The number of carbonyl (C=O) groups is 1. The Morgan fingerprint density at radius 2 is 2.11 bits per heavy atom. The molecule has 0 spiro atoms. The third-order valence-corrected chi connectivity index (χ3v) is 4.01. The van der Waals surface area contributed by atoms with Crippen LogP contribution < -0.4 is 5.56 Å². The number of amides is 1. The van der Waals surface area contributed by atoms with Crippen LogP contribution in [0, 0.1) is 5.41 Å². The van der Waals surface area contributed by atoms with E-state index in [2.05, 4.69) is 24.0 Å². The lowest BCUT2D eigenvalue weighted by Crippen LogP contribution is -2.42. The van der Waals surface area contributed by atoms with Gasteiger partial charge in [-0.25, -0.2) is 5.10 Å². The normalized spacial score (nSPS) is 18.7. The number of carbonyl (C=O) groups excluding carboxylic acids is 1. The minimum Gasteiger partial charge on any atom is -0.337 e. The zero-order valence-electron chi connectivity index (χ0n) is 10.9. The molecule has 1 saturated heterocycles. The molecule has 18 heavy (non-hydrogen) atoms. The third-order valence-electron chi connectivity index (χ3n) is 4.01. The Labute approximate surface area is 106 Å². The number of nitrogens with zero attached hydrogens (tertiary/aromatic N) is 2. The minimum absolute atomic E-state index is 0.0931. The van der Waals surface area contributed by atoms with Gasteiger partial charge in [0, 0.05) is 19.2 Å². The Balaban J connectivity index is 2.04. The van der Waals surface area contributed by atoms with Gasteiger partial charge in [-0.05, 0) is 24.3 Å². The highest BCUT2D eigenvalue weighted by Crippen LogP contribution is 2.34. The molecule has 1 aromatic rings. The number of hydrogen-bond donors (Lipinski definition) is 1. The van der Waals surface area contributed by atoms with Crippen molar-refractivity contribution < 1.29 is 4.79 Å². The van der Waals surface area contributed by atoms with E-state index in [1.54, 1.807) is 0 Å². The van der Waals surface area contributed by atoms with E-state index in [0.717, 1.165) is 32.4 Å². The fraction of sp³-hybridized carbons (Fsp3) is 0.615. The molecule has 1 aliphatic heterocycles. The number of piperidine rings is 1. The highest BCUT2D eigenvalue weighted by atomic mass is 16.2. The molecule has 1 amide bonds. The van der Waals surface area contributed by atoms with Crippen molar-refractivity contribution in [3.05, 3.63) is 28.2 Å². The number of aromatic amines is 1. The predicted molar refractivity (Wildman–Crippen MR) is 68.4 cm³/mol. The van der Waals surface area contributed by atoms with Gasteiger partial charge in [-0.1, -0.05) is 20.3 Å². The molecule has 0 aliphatic carbocycles. The molecular weight excluding hydrogens is 230 g/mol. The van der Waals surface area contributed by atoms with E-state index in [9.17, 15) is 9.59 Å². The van der Waals surface area contributed by atoms with E-state index in [0.29, 0.717) is 11.1 Å². The number of rotatable bonds is 2. The number of aromatic nitrogens is 2. The van der Waals surface area contributed by atoms with E-state index < -0.39 is 0 Å². The van der Waals surface area contributed by atoms with Crippen molar-refractivity contribution in [3.63, 3.8) is 0 Å². The van der Waals surface area contributed by atoms with E-state index >= 15 is 0 Å². The van der Waals surface area contributed by atoms with E-state index in [4.69, 9.17) is 0 Å². The van der Waals surface area contributed by atoms with Crippen LogP contribution in [0.5, 0.6) is 0 Å². The van der Waals surface area contributed by atoms with Crippen molar-refractivity contribution in [1.82, 2.24) is 15.1 Å². The fourth-order valence-corrected chi connectivity index (χ4v) is 2.23.